The van der Waals surface area contributed by atoms with Crippen molar-refractivity contribution in [3.63, 3.8) is 0 Å². The first-order valence-corrected chi connectivity index (χ1v) is 7.63. The van der Waals surface area contributed by atoms with E-state index in [1.54, 1.807) is 20.8 Å². The molecule has 0 aromatic carbocycles. The van der Waals surface area contributed by atoms with E-state index in [2.05, 4.69) is 0 Å². The molecule has 120 valence electrons. The van der Waals surface area contributed by atoms with Gasteiger partial charge in [0.15, 0.2) is 6.10 Å². The van der Waals surface area contributed by atoms with E-state index < -0.39 is 64.3 Å². The fourth-order valence-electron chi connectivity index (χ4n) is 5.83. The molecule has 0 aromatic rings. The summed E-state index contributed by atoms with van der Waals surface area (Å²) in [5, 5.41) is 21.9. The lowest BCUT2D eigenvalue weighted by atomic mass is 9.52. The number of ether oxygens (including phenoxy) is 3. The molecule has 0 radical (unpaired) electrons. The number of aliphatic hydroxyl groups is 2. The molecule has 1 spiro atoms. The summed E-state index contributed by atoms with van der Waals surface area (Å²) in [6.07, 6.45) is -1.78. The standard InChI is InChI=1S/C15H18O7/c1-12(2,18)6-7-10(16)20-8(6)9-13(3)14(7,19)4-5-15(13,22-5)11(17)21-9/h5-9,18-19H,4H2,1-3H3/t5-,6+,7-,8-,9?,13-,14-,15+/m0/s1. The van der Waals surface area contributed by atoms with E-state index in [1.165, 1.54) is 0 Å². The predicted molar refractivity (Wildman–Crippen MR) is 68.3 cm³/mol. The first-order chi connectivity index (χ1) is 10.1. The summed E-state index contributed by atoms with van der Waals surface area (Å²) in [7, 11) is 0. The van der Waals surface area contributed by atoms with E-state index in [0.717, 1.165) is 0 Å². The molecule has 2 saturated carbocycles. The van der Waals surface area contributed by atoms with Gasteiger partial charge in [-0.15, -0.1) is 0 Å². The van der Waals surface area contributed by atoms with E-state index in [0.29, 0.717) is 0 Å². The van der Waals surface area contributed by atoms with Crippen LogP contribution in [-0.4, -0.2) is 57.3 Å². The number of rotatable bonds is 1. The largest absolute Gasteiger partial charge is 0.458 e. The van der Waals surface area contributed by atoms with Gasteiger partial charge in [-0.25, -0.2) is 4.79 Å². The van der Waals surface area contributed by atoms with Crippen LogP contribution in [0.15, 0.2) is 0 Å². The molecule has 5 fully saturated rings. The average Bonchev–Trinajstić information content (AvgIpc) is 2.85. The van der Waals surface area contributed by atoms with Crippen molar-refractivity contribution in [1.29, 1.82) is 0 Å². The van der Waals surface area contributed by atoms with Crippen molar-refractivity contribution in [2.24, 2.45) is 17.3 Å². The lowest BCUT2D eigenvalue weighted by Gasteiger charge is -2.53. The SMILES string of the molecule is CC(C)(O)[C@H]1[C@@H]2OC(=O)[C@H]1[C@@]1(O)C[C@@H]3O[C@@]34C(=O)OC2[C@@]14C. The van der Waals surface area contributed by atoms with Gasteiger partial charge in [-0.3, -0.25) is 4.79 Å². The maximum Gasteiger partial charge on any atom is 0.342 e. The van der Waals surface area contributed by atoms with Gasteiger partial charge in [0.2, 0.25) is 5.60 Å². The molecule has 8 atom stereocenters. The second-order valence-corrected chi connectivity index (χ2v) is 8.06. The molecule has 7 nitrogen and oxygen atoms in total. The molecule has 3 aliphatic heterocycles. The Hall–Kier alpha value is -1.18. The number of hydrogen-bond donors (Lipinski definition) is 2. The zero-order chi connectivity index (χ0) is 15.9. The number of esters is 2. The molecular weight excluding hydrogens is 292 g/mol. The third-order valence-electron chi connectivity index (χ3n) is 6.85. The van der Waals surface area contributed by atoms with Crippen LogP contribution in [0, 0.1) is 17.3 Å². The summed E-state index contributed by atoms with van der Waals surface area (Å²) in [5.41, 5.74) is -4.89. The molecular formula is C15H18O7. The molecule has 5 aliphatic rings. The highest BCUT2D eigenvalue weighted by Gasteiger charge is 2.95. The molecule has 7 heteroatoms. The topological polar surface area (TPSA) is 106 Å². The highest BCUT2D eigenvalue weighted by atomic mass is 16.7. The quantitative estimate of drug-likeness (QED) is 0.479. The van der Waals surface area contributed by atoms with Crippen molar-refractivity contribution >= 4 is 11.9 Å². The van der Waals surface area contributed by atoms with E-state index in [1.807, 2.05) is 0 Å². The van der Waals surface area contributed by atoms with Crippen molar-refractivity contribution in [2.45, 2.75) is 62.3 Å². The van der Waals surface area contributed by atoms with Gasteiger partial charge in [0.1, 0.15) is 12.2 Å². The molecule has 22 heavy (non-hydrogen) atoms. The van der Waals surface area contributed by atoms with Gasteiger partial charge in [-0.05, 0) is 20.8 Å². The minimum atomic E-state index is -1.47. The number of carbonyl (C=O) groups is 2. The van der Waals surface area contributed by atoms with Gasteiger partial charge < -0.3 is 24.4 Å². The molecule has 5 rings (SSSR count). The van der Waals surface area contributed by atoms with E-state index >= 15 is 0 Å². The van der Waals surface area contributed by atoms with Crippen LogP contribution in [0.1, 0.15) is 27.2 Å². The van der Waals surface area contributed by atoms with Crippen LogP contribution in [0.25, 0.3) is 0 Å². The van der Waals surface area contributed by atoms with Gasteiger partial charge >= 0.3 is 11.9 Å². The molecule has 0 amide bonds. The molecule has 2 bridgehead atoms. The Morgan fingerprint density at radius 2 is 1.95 bits per heavy atom. The maximum atomic E-state index is 12.4. The van der Waals surface area contributed by atoms with Crippen LogP contribution < -0.4 is 0 Å². The van der Waals surface area contributed by atoms with Gasteiger partial charge in [-0.1, -0.05) is 0 Å². The summed E-state index contributed by atoms with van der Waals surface area (Å²) in [6.45, 7) is 4.92. The molecule has 2 aliphatic carbocycles. The fourth-order valence-corrected chi connectivity index (χ4v) is 5.83. The van der Waals surface area contributed by atoms with Crippen LogP contribution in [0.2, 0.25) is 0 Å². The van der Waals surface area contributed by atoms with E-state index in [-0.39, 0.29) is 6.42 Å². The van der Waals surface area contributed by atoms with Crippen molar-refractivity contribution in [1.82, 2.24) is 0 Å². The first kappa shape index (κ1) is 13.3. The number of fused-ring (bicyclic) bond motifs is 4. The number of epoxide rings is 1. The van der Waals surface area contributed by atoms with Gasteiger partial charge in [0.05, 0.1) is 22.5 Å². The van der Waals surface area contributed by atoms with Gasteiger partial charge in [0, 0.05) is 12.3 Å². The molecule has 2 N–H and O–H groups in total. The molecule has 3 saturated heterocycles. The van der Waals surface area contributed by atoms with Crippen molar-refractivity contribution in [3.8, 4) is 0 Å². The van der Waals surface area contributed by atoms with E-state index in [9.17, 15) is 19.8 Å². The number of carbonyl (C=O) groups excluding carboxylic acids is 2. The summed E-state index contributed by atoms with van der Waals surface area (Å²) >= 11 is 0. The third-order valence-corrected chi connectivity index (χ3v) is 6.85. The predicted octanol–water partition coefficient (Wildman–Crippen LogP) is -0.867. The highest BCUT2D eigenvalue weighted by Crippen LogP contribution is 2.77. The summed E-state index contributed by atoms with van der Waals surface area (Å²) in [5.74, 6) is -2.51. The fraction of sp³-hybridized carbons (Fsp3) is 0.867. The Morgan fingerprint density at radius 3 is 2.59 bits per heavy atom. The minimum Gasteiger partial charge on any atom is -0.458 e. The summed E-state index contributed by atoms with van der Waals surface area (Å²) < 4.78 is 16.5. The summed E-state index contributed by atoms with van der Waals surface area (Å²) in [4.78, 5) is 24.8. The minimum absolute atomic E-state index is 0.189. The highest BCUT2D eigenvalue weighted by molar-refractivity contribution is 5.91. The normalized spacial score (nSPS) is 60.7. The number of hydrogen-bond acceptors (Lipinski definition) is 7. The van der Waals surface area contributed by atoms with Crippen LogP contribution in [0.5, 0.6) is 0 Å². The molecule has 3 heterocycles. The van der Waals surface area contributed by atoms with Gasteiger partial charge in [-0.2, -0.15) is 0 Å². The smallest absolute Gasteiger partial charge is 0.342 e. The lowest BCUT2D eigenvalue weighted by Crippen LogP contribution is -2.68. The zero-order valence-electron chi connectivity index (χ0n) is 12.5. The van der Waals surface area contributed by atoms with Crippen molar-refractivity contribution < 1.29 is 34.0 Å². The Morgan fingerprint density at radius 1 is 1.27 bits per heavy atom. The third kappa shape index (κ3) is 0.962. The lowest BCUT2D eigenvalue weighted by molar-refractivity contribution is -0.223. The maximum absolute atomic E-state index is 12.4. The molecule has 0 aromatic heterocycles. The monoisotopic (exact) mass is 310 g/mol. The zero-order valence-corrected chi connectivity index (χ0v) is 12.5. The summed E-state index contributed by atoms with van der Waals surface area (Å²) in [6, 6.07) is 0. The van der Waals surface area contributed by atoms with Crippen LogP contribution in [0.4, 0.5) is 0 Å². The van der Waals surface area contributed by atoms with Crippen LogP contribution in [0.3, 0.4) is 0 Å². The average molecular weight is 310 g/mol. The molecule has 1 unspecified atom stereocenters. The van der Waals surface area contributed by atoms with Crippen LogP contribution >= 0.6 is 0 Å². The van der Waals surface area contributed by atoms with E-state index in [4.69, 9.17) is 14.2 Å². The Kier molecular flexibility index (Phi) is 1.85. The van der Waals surface area contributed by atoms with Crippen molar-refractivity contribution in [3.05, 3.63) is 0 Å². The van der Waals surface area contributed by atoms with Crippen LogP contribution in [-0.2, 0) is 23.8 Å². The second-order valence-electron chi connectivity index (χ2n) is 8.06. The van der Waals surface area contributed by atoms with Gasteiger partial charge in [0.25, 0.3) is 0 Å². The van der Waals surface area contributed by atoms with Crippen molar-refractivity contribution in [2.75, 3.05) is 0 Å². The second kappa shape index (κ2) is 3.07. The Balaban J connectivity index is 1.76. The Bertz CT molecular complexity index is 638. The Labute approximate surface area is 126 Å². The first-order valence-electron chi connectivity index (χ1n) is 7.63.